The van der Waals surface area contributed by atoms with E-state index in [1.807, 2.05) is 0 Å². The predicted octanol–water partition coefficient (Wildman–Crippen LogP) is 1.58. The van der Waals surface area contributed by atoms with Gasteiger partial charge in [0.1, 0.15) is 0 Å². The fourth-order valence-electron chi connectivity index (χ4n) is 1.83. The number of nitrogens with zero attached hydrogens (tertiary/aromatic N) is 1. The Morgan fingerprint density at radius 3 is 2.67 bits per heavy atom. The zero-order valence-corrected chi connectivity index (χ0v) is 10.1. The molecule has 1 aliphatic rings. The fraction of sp³-hybridized carbons (Fsp3) is 0.417. The average molecular weight is 249 g/mol. The number of carbonyl (C=O) groups is 1. The van der Waals surface area contributed by atoms with Crippen molar-refractivity contribution in [2.24, 2.45) is 11.1 Å². The average Bonchev–Trinajstić information content (AvgIpc) is 3.12. The normalized spacial score (nSPS) is 16.1. The van der Waals surface area contributed by atoms with Gasteiger partial charge in [-0.2, -0.15) is 0 Å². The first-order chi connectivity index (χ1) is 8.48. The van der Waals surface area contributed by atoms with E-state index in [9.17, 15) is 14.9 Å². The summed E-state index contributed by atoms with van der Waals surface area (Å²) in [5.41, 5.74) is 6.45. The Morgan fingerprint density at radius 2 is 2.22 bits per heavy atom. The summed E-state index contributed by atoms with van der Waals surface area (Å²) in [6, 6.07) is 4.38. The van der Waals surface area contributed by atoms with Crippen LogP contribution in [-0.4, -0.2) is 17.4 Å². The van der Waals surface area contributed by atoms with Crippen LogP contribution >= 0.6 is 0 Å². The van der Waals surface area contributed by atoms with Crippen molar-refractivity contribution >= 4 is 17.3 Å². The van der Waals surface area contributed by atoms with Gasteiger partial charge in [-0.3, -0.25) is 14.9 Å². The molecule has 0 atom stereocenters. The molecule has 6 nitrogen and oxygen atoms in total. The Hall–Kier alpha value is -1.95. The highest BCUT2D eigenvalue weighted by atomic mass is 16.6. The molecule has 2 rings (SSSR count). The molecule has 6 heteroatoms. The van der Waals surface area contributed by atoms with Crippen LogP contribution in [0.4, 0.5) is 11.4 Å². The lowest BCUT2D eigenvalue weighted by Crippen LogP contribution is -2.31. The number of hydrogen-bond acceptors (Lipinski definition) is 4. The molecule has 1 fully saturated rings. The highest BCUT2D eigenvalue weighted by Gasteiger charge is 2.48. The van der Waals surface area contributed by atoms with Crippen LogP contribution in [0, 0.1) is 22.5 Å². The lowest BCUT2D eigenvalue weighted by atomic mass is 10.1. The van der Waals surface area contributed by atoms with Crippen molar-refractivity contribution in [2.45, 2.75) is 19.8 Å². The topological polar surface area (TPSA) is 98.3 Å². The van der Waals surface area contributed by atoms with E-state index in [2.05, 4.69) is 5.32 Å². The largest absolute Gasteiger partial charge is 0.329 e. The zero-order chi connectivity index (χ0) is 13.3. The molecule has 0 unspecified atom stereocenters. The van der Waals surface area contributed by atoms with Crippen LogP contribution < -0.4 is 11.1 Å². The second-order valence-electron chi connectivity index (χ2n) is 4.69. The molecular formula is C12H15N3O3. The third-order valence-corrected chi connectivity index (χ3v) is 3.39. The van der Waals surface area contributed by atoms with E-state index in [0.29, 0.717) is 17.8 Å². The number of amides is 1. The summed E-state index contributed by atoms with van der Waals surface area (Å²) in [7, 11) is 0. The number of nitrogens with one attached hydrogen (secondary N) is 1. The molecule has 0 aliphatic heterocycles. The lowest BCUT2D eigenvalue weighted by Gasteiger charge is -2.14. The van der Waals surface area contributed by atoms with E-state index < -0.39 is 10.3 Å². The van der Waals surface area contributed by atoms with Gasteiger partial charge in [0.25, 0.3) is 5.69 Å². The van der Waals surface area contributed by atoms with Crippen LogP contribution in [0.15, 0.2) is 18.2 Å². The van der Waals surface area contributed by atoms with Gasteiger partial charge in [-0.1, -0.05) is 0 Å². The maximum Gasteiger partial charge on any atom is 0.269 e. The standard InChI is InChI=1S/C12H15N3O3/c1-8-6-9(15(17)18)2-3-10(8)14-11(16)12(7-13)4-5-12/h2-3,6H,4-5,7,13H2,1H3,(H,14,16). The molecule has 3 N–H and O–H groups in total. The quantitative estimate of drug-likeness (QED) is 0.625. The van der Waals surface area contributed by atoms with Gasteiger partial charge in [-0.05, 0) is 31.4 Å². The van der Waals surface area contributed by atoms with Gasteiger partial charge in [0.05, 0.1) is 10.3 Å². The molecule has 96 valence electrons. The van der Waals surface area contributed by atoms with E-state index in [1.54, 1.807) is 13.0 Å². The Labute approximate surface area is 104 Å². The molecule has 0 heterocycles. The second kappa shape index (κ2) is 4.38. The fourth-order valence-corrected chi connectivity index (χ4v) is 1.83. The molecule has 1 saturated carbocycles. The molecule has 18 heavy (non-hydrogen) atoms. The summed E-state index contributed by atoms with van der Waals surface area (Å²) in [5.74, 6) is -0.0954. The number of nitro benzene ring substituents is 1. The van der Waals surface area contributed by atoms with Crippen molar-refractivity contribution in [1.29, 1.82) is 0 Å². The first-order valence-electron chi connectivity index (χ1n) is 5.75. The molecule has 0 saturated heterocycles. The summed E-state index contributed by atoms with van der Waals surface area (Å²) in [6.07, 6.45) is 1.61. The van der Waals surface area contributed by atoms with Crippen LogP contribution in [0.5, 0.6) is 0 Å². The van der Waals surface area contributed by atoms with Gasteiger partial charge < -0.3 is 11.1 Å². The molecule has 1 amide bonds. The molecule has 1 aliphatic carbocycles. The molecule has 1 aromatic carbocycles. The van der Waals surface area contributed by atoms with Gasteiger partial charge in [0, 0.05) is 24.4 Å². The van der Waals surface area contributed by atoms with Crippen LogP contribution in [0.1, 0.15) is 18.4 Å². The highest BCUT2D eigenvalue weighted by molar-refractivity contribution is 5.98. The highest BCUT2D eigenvalue weighted by Crippen LogP contribution is 2.45. The minimum absolute atomic E-state index is 0.0189. The molecule has 0 spiro atoms. The monoisotopic (exact) mass is 249 g/mol. The number of nitro groups is 1. The first-order valence-corrected chi connectivity index (χ1v) is 5.75. The smallest absolute Gasteiger partial charge is 0.269 e. The van der Waals surface area contributed by atoms with Crippen molar-refractivity contribution in [3.05, 3.63) is 33.9 Å². The molecule has 0 radical (unpaired) electrons. The number of benzene rings is 1. The zero-order valence-electron chi connectivity index (χ0n) is 10.1. The summed E-state index contributed by atoms with van der Waals surface area (Å²) in [6.45, 7) is 2.06. The number of nitrogens with two attached hydrogens (primary N) is 1. The summed E-state index contributed by atoms with van der Waals surface area (Å²) >= 11 is 0. The molecular weight excluding hydrogens is 234 g/mol. The van der Waals surface area contributed by atoms with Gasteiger partial charge in [0.15, 0.2) is 0 Å². The Morgan fingerprint density at radius 1 is 1.56 bits per heavy atom. The van der Waals surface area contributed by atoms with Crippen molar-refractivity contribution in [3.63, 3.8) is 0 Å². The van der Waals surface area contributed by atoms with Crippen molar-refractivity contribution in [3.8, 4) is 0 Å². The minimum atomic E-state index is -0.457. The number of anilines is 1. The van der Waals surface area contributed by atoms with E-state index in [4.69, 9.17) is 5.73 Å². The Balaban J connectivity index is 2.15. The number of non-ortho nitro benzene ring substituents is 1. The van der Waals surface area contributed by atoms with E-state index in [0.717, 1.165) is 12.8 Å². The van der Waals surface area contributed by atoms with Crippen LogP contribution in [0.25, 0.3) is 0 Å². The van der Waals surface area contributed by atoms with Gasteiger partial charge in [-0.25, -0.2) is 0 Å². The lowest BCUT2D eigenvalue weighted by molar-refractivity contribution is -0.384. The Bertz CT molecular complexity index is 509. The summed E-state index contributed by atoms with van der Waals surface area (Å²) in [4.78, 5) is 22.1. The van der Waals surface area contributed by atoms with Gasteiger partial charge in [-0.15, -0.1) is 0 Å². The third kappa shape index (κ3) is 2.19. The number of carbonyl (C=O) groups excluding carboxylic acids is 1. The van der Waals surface area contributed by atoms with E-state index in [-0.39, 0.29) is 11.6 Å². The number of rotatable bonds is 4. The van der Waals surface area contributed by atoms with E-state index in [1.165, 1.54) is 12.1 Å². The summed E-state index contributed by atoms with van der Waals surface area (Å²) < 4.78 is 0. The van der Waals surface area contributed by atoms with Crippen LogP contribution in [-0.2, 0) is 4.79 Å². The Kier molecular flexibility index (Phi) is 3.04. The minimum Gasteiger partial charge on any atom is -0.329 e. The van der Waals surface area contributed by atoms with Crippen LogP contribution in [0.3, 0.4) is 0 Å². The maximum atomic E-state index is 12.0. The second-order valence-corrected chi connectivity index (χ2v) is 4.69. The number of hydrogen-bond donors (Lipinski definition) is 2. The van der Waals surface area contributed by atoms with Gasteiger partial charge in [0.2, 0.25) is 5.91 Å². The molecule has 1 aromatic rings. The van der Waals surface area contributed by atoms with Crippen LogP contribution in [0.2, 0.25) is 0 Å². The van der Waals surface area contributed by atoms with Gasteiger partial charge >= 0.3 is 0 Å². The molecule has 0 bridgehead atoms. The maximum absolute atomic E-state index is 12.0. The van der Waals surface area contributed by atoms with Crippen molar-refractivity contribution < 1.29 is 9.72 Å². The first kappa shape index (κ1) is 12.5. The molecule has 0 aromatic heterocycles. The SMILES string of the molecule is Cc1cc([N+](=O)[O-])ccc1NC(=O)C1(CN)CC1. The van der Waals surface area contributed by atoms with Crippen molar-refractivity contribution in [2.75, 3.05) is 11.9 Å². The third-order valence-electron chi connectivity index (χ3n) is 3.39. The van der Waals surface area contributed by atoms with Crippen molar-refractivity contribution in [1.82, 2.24) is 0 Å². The van der Waals surface area contributed by atoms with E-state index >= 15 is 0 Å². The predicted molar refractivity (Wildman–Crippen MR) is 67.2 cm³/mol. The summed E-state index contributed by atoms with van der Waals surface area (Å²) in [5, 5.41) is 13.4. The number of aryl methyl sites for hydroxylation is 1.